The number of nitrogens with zero attached hydrogens (tertiary/aromatic N) is 1. The summed E-state index contributed by atoms with van der Waals surface area (Å²) in [7, 11) is 0. The van der Waals surface area contributed by atoms with Gasteiger partial charge in [0, 0.05) is 18.3 Å². The van der Waals surface area contributed by atoms with E-state index in [1.54, 1.807) is 0 Å². The molecule has 0 radical (unpaired) electrons. The maximum absolute atomic E-state index is 12.9. The monoisotopic (exact) mass is 280 g/mol. The van der Waals surface area contributed by atoms with E-state index in [-0.39, 0.29) is 5.91 Å². The van der Waals surface area contributed by atoms with Gasteiger partial charge >= 0.3 is 0 Å². The molecule has 0 atom stereocenters. The second-order valence-corrected chi connectivity index (χ2v) is 6.42. The molecule has 2 aliphatic rings. The smallest absolute Gasteiger partial charge is 0.256 e. The first-order chi connectivity index (χ1) is 10.2. The highest BCUT2D eigenvalue weighted by Crippen LogP contribution is 2.36. The summed E-state index contributed by atoms with van der Waals surface area (Å²) in [6, 6.07) is 12.4. The molecular formula is C18H20N2O. The third-order valence-electron chi connectivity index (χ3n) is 4.55. The highest BCUT2D eigenvalue weighted by atomic mass is 16.2. The number of carbonyl (C=O) groups is 1. The van der Waals surface area contributed by atoms with Crippen molar-refractivity contribution in [2.24, 2.45) is 5.92 Å². The molecule has 2 fully saturated rings. The van der Waals surface area contributed by atoms with Gasteiger partial charge in [-0.05, 0) is 54.5 Å². The fourth-order valence-electron chi connectivity index (χ4n) is 2.96. The molecule has 2 N–H and O–H groups in total. The topological polar surface area (TPSA) is 46.3 Å². The molecule has 2 saturated carbocycles. The number of nitrogen functional groups attached to an aromatic ring is 1. The van der Waals surface area contributed by atoms with Crippen LogP contribution in [-0.2, 0) is 0 Å². The van der Waals surface area contributed by atoms with E-state index in [9.17, 15) is 4.79 Å². The van der Waals surface area contributed by atoms with Gasteiger partial charge < -0.3 is 10.6 Å². The molecule has 21 heavy (non-hydrogen) atoms. The highest BCUT2D eigenvalue weighted by Gasteiger charge is 2.37. The molecule has 4 rings (SSSR count). The number of carbonyl (C=O) groups excluding carboxylic acids is 1. The minimum Gasteiger partial charge on any atom is -0.398 e. The lowest BCUT2D eigenvalue weighted by Crippen LogP contribution is -2.35. The van der Waals surface area contributed by atoms with Gasteiger partial charge in [-0.15, -0.1) is 0 Å². The maximum atomic E-state index is 12.9. The first-order valence-electron chi connectivity index (χ1n) is 7.81. The molecule has 1 amide bonds. The van der Waals surface area contributed by atoms with E-state index in [4.69, 9.17) is 5.73 Å². The van der Waals surface area contributed by atoms with Crippen LogP contribution < -0.4 is 5.73 Å². The second-order valence-electron chi connectivity index (χ2n) is 6.42. The molecule has 0 aromatic heterocycles. The van der Waals surface area contributed by atoms with Crippen molar-refractivity contribution in [2.45, 2.75) is 31.7 Å². The van der Waals surface area contributed by atoms with Crippen LogP contribution in [0.1, 0.15) is 36.0 Å². The summed E-state index contributed by atoms with van der Waals surface area (Å²) in [6.45, 7) is 0.912. The summed E-state index contributed by atoms with van der Waals surface area (Å²) in [5.41, 5.74) is 7.41. The molecule has 0 unspecified atom stereocenters. The number of nitrogens with two attached hydrogens (primary N) is 1. The van der Waals surface area contributed by atoms with Crippen LogP contribution in [0.4, 0.5) is 5.69 Å². The summed E-state index contributed by atoms with van der Waals surface area (Å²) in [4.78, 5) is 15.0. The van der Waals surface area contributed by atoms with Gasteiger partial charge in [0.2, 0.25) is 0 Å². The number of benzene rings is 2. The predicted molar refractivity (Wildman–Crippen MR) is 85.1 cm³/mol. The van der Waals surface area contributed by atoms with Crippen molar-refractivity contribution >= 4 is 22.4 Å². The Bertz CT molecular complexity index is 701. The third kappa shape index (κ3) is 2.48. The third-order valence-corrected chi connectivity index (χ3v) is 4.55. The van der Waals surface area contributed by atoms with Crippen molar-refractivity contribution in [1.29, 1.82) is 0 Å². The normalized spacial score (nSPS) is 17.9. The summed E-state index contributed by atoms with van der Waals surface area (Å²) in [5.74, 6) is 0.837. The fraction of sp³-hybridized carbons (Fsp3) is 0.389. The lowest BCUT2D eigenvalue weighted by Gasteiger charge is -2.23. The van der Waals surface area contributed by atoms with Crippen LogP contribution in [0, 0.1) is 5.92 Å². The molecule has 2 aromatic rings. The van der Waals surface area contributed by atoms with Gasteiger partial charge in [0.1, 0.15) is 0 Å². The SMILES string of the molecule is Nc1cc2ccccc2cc1C(=O)N(CC1CC1)C1CC1. The lowest BCUT2D eigenvalue weighted by molar-refractivity contribution is 0.0736. The van der Waals surface area contributed by atoms with Gasteiger partial charge in [0.15, 0.2) is 0 Å². The molecule has 3 nitrogen and oxygen atoms in total. The molecule has 0 aliphatic heterocycles. The molecule has 2 aliphatic carbocycles. The van der Waals surface area contributed by atoms with Gasteiger partial charge in [-0.1, -0.05) is 24.3 Å². The number of amides is 1. The van der Waals surface area contributed by atoms with Crippen LogP contribution in [0.2, 0.25) is 0 Å². The van der Waals surface area contributed by atoms with E-state index in [1.807, 2.05) is 36.4 Å². The molecule has 2 aromatic carbocycles. The van der Waals surface area contributed by atoms with E-state index >= 15 is 0 Å². The number of rotatable bonds is 4. The minimum atomic E-state index is 0.118. The summed E-state index contributed by atoms with van der Waals surface area (Å²) >= 11 is 0. The average molecular weight is 280 g/mol. The first kappa shape index (κ1) is 12.7. The van der Waals surface area contributed by atoms with Crippen molar-refractivity contribution in [2.75, 3.05) is 12.3 Å². The zero-order valence-corrected chi connectivity index (χ0v) is 12.1. The Hall–Kier alpha value is -2.03. The molecule has 0 spiro atoms. The predicted octanol–water partition coefficient (Wildman–Crippen LogP) is 3.44. The van der Waals surface area contributed by atoms with Crippen LogP contribution in [0.3, 0.4) is 0 Å². The quantitative estimate of drug-likeness (QED) is 0.872. The van der Waals surface area contributed by atoms with Crippen LogP contribution in [-0.4, -0.2) is 23.4 Å². The zero-order chi connectivity index (χ0) is 14.4. The lowest BCUT2D eigenvalue weighted by atomic mass is 10.0. The molecule has 0 heterocycles. The Morgan fingerprint density at radius 1 is 1.10 bits per heavy atom. The van der Waals surface area contributed by atoms with Crippen LogP contribution >= 0.6 is 0 Å². The van der Waals surface area contributed by atoms with Crippen molar-refractivity contribution in [3.63, 3.8) is 0 Å². The van der Waals surface area contributed by atoms with Crippen LogP contribution in [0.25, 0.3) is 10.8 Å². The van der Waals surface area contributed by atoms with E-state index < -0.39 is 0 Å². The Labute approximate surface area is 124 Å². The number of hydrogen-bond donors (Lipinski definition) is 1. The maximum Gasteiger partial charge on any atom is 0.256 e. The Kier molecular flexibility index (Phi) is 2.88. The van der Waals surface area contributed by atoms with Crippen molar-refractivity contribution in [3.05, 3.63) is 42.0 Å². The standard InChI is InChI=1S/C18H20N2O/c19-17-10-14-4-2-1-3-13(14)9-16(17)18(21)20(15-7-8-15)11-12-5-6-12/h1-4,9-10,12,15H,5-8,11,19H2. The average Bonchev–Trinajstić information content (AvgIpc) is 3.37. The van der Waals surface area contributed by atoms with Gasteiger partial charge in [0.05, 0.1) is 5.56 Å². The Morgan fingerprint density at radius 2 is 1.76 bits per heavy atom. The molecule has 0 saturated heterocycles. The molecule has 108 valence electrons. The van der Waals surface area contributed by atoms with Gasteiger partial charge in [0.25, 0.3) is 5.91 Å². The van der Waals surface area contributed by atoms with Gasteiger partial charge in [-0.2, -0.15) is 0 Å². The number of hydrogen-bond acceptors (Lipinski definition) is 2. The van der Waals surface area contributed by atoms with Gasteiger partial charge in [-0.3, -0.25) is 4.79 Å². The second kappa shape index (κ2) is 4.76. The molecule has 0 bridgehead atoms. The Morgan fingerprint density at radius 3 is 2.38 bits per heavy atom. The van der Waals surface area contributed by atoms with Crippen molar-refractivity contribution < 1.29 is 4.79 Å². The zero-order valence-electron chi connectivity index (χ0n) is 12.1. The summed E-state index contributed by atoms with van der Waals surface area (Å²) in [6.07, 6.45) is 4.82. The molecular weight excluding hydrogens is 260 g/mol. The molecule has 3 heteroatoms. The van der Waals surface area contributed by atoms with E-state index in [1.165, 1.54) is 12.8 Å². The summed E-state index contributed by atoms with van der Waals surface area (Å²) in [5, 5.41) is 2.17. The van der Waals surface area contributed by atoms with Crippen molar-refractivity contribution in [3.8, 4) is 0 Å². The first-order valence-corrected chi connectivity index (χ1v) is 7.81. The van der Waals surface area contributed by atoms with Crippen molar-refractivity contribution in [1.82, 2.24) is 4.90 Å². The minimum absolute atomic E-state index is 0.118. The Balaban J connectivity index is 1.69. The van der Waals surface area contributed by atoms with Gasteiger partial charge in [-0.25, -0.2) is 0 Å². The number of fused-ring (bicyclic) bond motifs is 1. The largest absolute Gasteiger partial charge is 0.398 e. The fourth-order valence-corrected chi connectivity index (χ4v) is 2.96. The van der Waals surface area contributed by atoms with E-state index in [0.717, 1.165) is 36.1 Å². The van der Waals surface area contributed by atoms with E-state index in [2.05, 4.69) is 4.90 Å². The highest BCUT2D eigenvalue weighted by molar-refractivity contribution is 6.04. The van der Waals surface area contributed by atoms with E-state index in [0.29, 0.717) is 17.3 Å². The summed E-state index contributed by atoms with van der Waals surface area (Å²) < 4.78 is 0. The van der Waals surface area contributed by atoms with Crippen LogP contribution in [0.15, 0.2) is 36.4 Å². The van der Waals surface area contributed by atoms with Crippen LogP contribution in [0.5, 0.6) is 0 Å². The number of anilines is 1.